The fraction of sp³-hybridized carbons (Fsp3) is 0.500. The normalized spacial score (nSPS) is 24.9. The molecule has 0 saturated carbocycles. The number of ether oxygens (including phenoxy) is 5. The van der Waals surface area contributed by atoms with E-state index >= 15 is 0 Å². The van der Waals surface area contributed by atoms with E-state index in [1.165, 1.54) is 10.8 Å². The average Bonchev–Trinajstić information content (AvgIpc) is 3.77. The Labute approximate surface area is 308 Å². The van der Waals surface area contributed by atoms with Gasteiger partial charge < -0.3 is 28.8 Å². The number of hydrogen-bond acceptors (Lipinski definition) is 10. The summed E-state index contributed by atoms with van der Waals surface area (Å²) >= 11 is 0. The lowest BCUT2D eigenvalue weighted by Crippen LogP contribution is -2.45. The molecule has 284 valence electrons. The zero-order valence-corrected chi connectivity index (χ0v) is 31.2. The highest BCUT2D eigenvalue weighted by molar-refractivity contribution is 5.19. The van der Waals surface area contributed by atoms with Crippen molar-refractivity contribution in [1.29, 1.82) is 0 Å². The fourth-order valence-corrected chi connectivity index (χ4v) is 7.59. The third-order valence-electron chi connectivity index (χ3n) is 10.9. The van der Waals surface area contributed by atoms with Crippen molar-refractivity contribution in [1.82, 2.24) is 19.1 Å². The maximum absolute atomic E-state index is 12.3. The van der Waals surface area contributed by atoms with Gasteiger partial charge in [-0.2, -0.15) is 4.98 Å². The van der Waals surface area contributed by atoms with Crippen molar-refractivity contribution >= 4 is 0 Å². The Morgan fingerprint density at radius 1 is 0.736 bits per heavy atom. The summed E-state index contributed by atoms with van der Waals surface area (Å²) in [6.07, 6.45) is 2.63. The number of aromatic nitrogens is 4. The van der Waals surface area contributed by atoms with E-state index in [1.54, 1.807) is 20.0 Å². The lowest BCUT2D eigenvalue weighted by molar-refractivity contribution is -0.128. The molecule has 53 heavy (non-hydrogen) atoms. The predicted molar refractivity (Wildman–Crippen MR) is 197 cm³/mol. The lowest BCUT2D eigenvalue weighted by atomic mass is 9.89. The molecule has 5 heterocycles. The van der Waals surface area contributed by atoms with Crippen molar-refractivity contribution < 1.29 is 28.8 Å². The fourth-order valence-electron chi connectivity index (χ4n) is 7.59. The van der Waals surface area contributed by atoms with Crippen LogP contribution in [-0.2, 0) is 32.2 Å². The highest BCUT2D eigenvalue weighted by atomic mass is 16.6. The first kappa shape index (κ1) is 38.3. The summed E-state index contributed by atoms with van der Waals surface area (Å²) < 4.78 is 34.2. The first-order chi connectivity index (χ1) is 25.5. The Morgan fingerprint density at radius 3 is 1.81 bits per heavy atom. The van der Waals surface area contributed by atoms with Crippen LogP contribution in [0.4, 0.5) is 0 Å². The number of nitrogens with one attached hydrogen (secondary N) is 1. The molecule has 2 N–H and O–H groups in total. The molecule has 6 atom stereocenters. The summed E-state index contributed by atoms with van der Waals surface area (Å²) in [7, 11) is 0. The highest BCUT2D eigenvalue weighted by Crippen LogP contribution is 2.48. The number of aromatic amines is 1. The van der Waals surface area contributed by atoms with Crippen molar-refractivity contribution in [2.75, 3.05) is 0 Å². The number of benzene rings is 2. The van der Waals surface area contributed by atoms with E-state index in [9.17, 15) is 19.5 Å². The van der Waals surface area contributed by atoms with E-state index < -0.39 is 40.9 Å². The zero-order chi connectivity index (χ0) is 37.9. The Morgan fingerprint density at radius 2 is 1.25 bits per heavy atom. The quantitative estimate of drug-likeness (QED) is 0.219. The molecular formula is C40H50N4O9. The molecule has 2 aromatic heterocycles. The third-order valence-corrected chi connectivity index (χ3v) is 10.9. The minimum absolute atomic E-state index is 0.236. The Balaban J connectivity index is 0.000000181. The first-order valence-corrected chi connectivity index (χ1v) is 18.4. The summed E-state index contributed by atoms with van der Waals surface area (Å²) in [6, 6.07) is 20.1. The SMILES string of the molecule is CCC1(CC)O[C@@H](n2cc(C)c(=O)[nH]c2=O)[C@H](O)C1OCc1ccccc1.CCC1(CC)O[C@@H]2[C@H](Oc3nc(=O)c(C)cn32)C1OCc1ccccc1. The smallest absolute Gasteiger partial charge is 0.330 e. The van der Waals surface area contributed by atoms with Crippen molar-refractivity contribution in [3.05, 3.63) is 127 Å². The Bertz CT molecular complexity index is 2020. The van der Waals surface area contributed by atoms with Gasteiger partial charge in [0.15, 0.2) is 18.6 Å². The summed E-state index contributed by atoms with van der Waals surface area (Å²) in [5, 5.41) is 11.0. The van der Waals surface area contributed by atoms with Gasteiger partial charge in [0.2, 0.25) is 0 Å². The van der Waals surface area contributed by atoms with E-state index in [0.717, 1.165) is 24.0 Å². The molecule has 0 radical (unpaired) electrons. The topological polar surface area (TPSA) is 156 Å². The molecule has 0 aliphatic carbocycles. The average molecular weight is 731 g/mol. The molecule has 2 unspecified atom stereocenters. The number of H-pyrrole nitrogens is 1. The third kappa shape index (κ3) is 7.41. The summed E-state index contributed by atoms with van der Waals surface area (Å²) in [5.41, 5.74) is 0.586. The van der Waals surface area contributed by atoms with E-state index in [1.807, 2.05) is 79.1 Å². The second kappa shape index (κ2) is 15.9. The van der Waals surface area contributed by atoms with Crippen LogP contribution in [0.25, 0.3) is 0 Å². The van der Waals surface area contributed by atoms with E-state index in [2.05, 4.69) is 23.8 Å². The van der Waals surface area contributed by atoms with Gasteiger partial charge in [0.05, 0.1) is 18.8 Å². The molecule has 13 heteroatoms. The van der Waals surface area contributed by atoms with Crippen LogP contribution in [0.15, 0.2) is 87.4 Å². The Hall–Kier alpha value is -4.40. The standard InChI is InChI=1S/C20H26N2O5.C20H24N2O4/c1-4-20(5-2)16(26-12-14-9-7-6-8-10-14)15(23)18(27-20)22-11-13(3)17(24)21-19(22)25;1-4-20(5-2)16(24-12-14-9-7-6-8-10-14)15-18(26-20)22-11-13(3)17(23)21-19(22)25-15/h6-11,15-16,18,23H,4-5,12H2,1-3H3,(H,21,24,25);6-11,15-16,18H,4-5,12H2,1-3H3/t2*15-,16?,18-/m11/s1. The summed E-state index contributed by atoms with van der Waals surface area (Å²) in [5.74, 6) is 0. The number of aliphatic hydroxyl groups excluding tert-OH is 1. The van der Waals surface area contributed by atoms with Gasteiger partial charge in [0, 0.05) is 23.5 Å². The summed E-state index contributed by atoms with van der Waals surface area (Å²) in [6.45, 7) is 12.3. The van der Waals surface area contributed by atoms with E-state index in [-0.39, 0.29) is 24.0 Å². The molecular weight excluding hydrogens is 680 g/mol. The van der Waals surface area contributed by atoms with Gasteiger partial charge in [-0.1, -0.05) is 88.4 Å². The molecule has 0 amide bonds. The molecule has 2 fully saturated rings. The van der Waals surface area contributed by atoms with Gasteiger partial charge in [-0.15, -0.1) is 0 Å². The lowest BCUT2D eigenvalue weighted by Gasteiger charge is -2.33. The van der Waals surface area contributed by atoms with Crippen LogP contribution >= 0.6 is 0 Å². The van der Waals surface area contributed by atoms with Gasteiger partial charge in [-0.25, -0.2) is 4.79 Å². The molecule has 3 aliphatic rings. The monoisotopic (exact) mass is 730 g/mol. The maximum atomic E-state index is 12.3. The maximum Gasteiger partial charge on any atom is 0.330 e. The van der Waals surface area contributed by atoms with Crippen LogP contribution in [-0.4, -0.2) is 59.8 Å². The van der Waals surface area contributed by atoms with Crippen LogP contribution in [0, 0.1) is 13.8 Å². The van der Waals surface area contributed by atoms with Crippen molar-refractivity contribution in [3.8, 4) is 6.01 Å². The van der Waals surface area contributed by atoms with Gasteiger partial charge in [-0.05, 0) is 50.7 Å². The molecule has 0 spiro atoms. The molecule has 2 saturated heterocycles. The minimum atomic E-state index is -1.04. The summed E-state index contributed by atoms with van der Waals surface area (Å²) in [4.78, 5) is 42.1. The van der Waals surface area contributed by atoms with Crippen molar-refractivity contribution in [3.63, 3.8) is 0 Å². The number of aryl methyl sites for hydroxylation is 2. The minimum Gasteiger partial charge on any atom is -0.453 e. The molecule has 7 rings (SSSR count). The molecule has 2 aromatic carbocycles. The zero-order valence-electron chi connectivity index (χ0n) is 31.2. The van der Waals surface area contributed by atoms with Gasteiger partial charge in [0.1, 0.15) is 23.9 Å². The largest absolute Gasteiger partial charge is 0.453 e. The van der Waals surface area contributed by atoms with Gasteiger partial charge in [0.25, 0.3) is 11.1 Å². The number of nitrogens with zero attached hydrogens (tertiary/aromatic N) is 3. The number of fused-ring (bicyclic) bond motifs is 3. The molecule has 3 aliphatic heterocycles. The van der Waals surface area contributed by atoms with Crippen LogP contribution in [0.2, 0.25) is 0 Å². The van der Waals surface area contributed by atoms with Crippen molar-refractivity contribution in [2.24, 2.45) is 0 Å². The van der Waals surface area contributed by atoms with Gasteiger partial charge in [-0.3, -0.25) is 23.7 Å². The predicted octanol–water partition coefficient (Wildman–Crippen LogP) is 4.86. The van der Waals surface area contributed by atoms with Crippen LogP contribution < -0.4 is 21.5 Å². The second-order valence-electron chi connectivity index (χ2n) is 14.0. The second-order valence-corrected chi connectivity index (χ2v) is 14.0. The van der Waals surface area contributed by atoms with E-state index in [0.29, 0.717) is 43.2 Å². The van der Waals surface area contributed by atoms with Crippen LogP contribution in [0.5, 0.6) is 6.01 Å². The number of hydrogen-bond donors (Lipinski definition) is 2. The van der Waals surface area contributed by atoms with Crippen LogP contribution in [0.1, 0.15) is 88.1 Å². The van der Waals surface area contributed by atoms with Crippen LogP contribution in [0.3, 0.4) is 0 Å². The molecule has 4 aromatic rings. The van der Waals surface area contributed by atoms with Crippen molar-refractivity contribution in [2.45, 2.75) is 129 Å². The van der Waals surface area contributed by atoms with Gasteiger partial charge >= 0.3 is 11.7 Å². The Kier molecular flexibility index (Phi) is 11.5. The molecule has 0 bridgehead atoms. The molecule has 13 nitrogen and oxygen atoms in total. The highest BCUT2D eigenvalue weighted by Gasteiger charge is 2.59. The number of rotatable bonds is 11. The first-order valence-electron chi connectivity index (χ1n) is 18.4. The number of aliphatic hydroxyl groups is 1. The van der Waals surface area contributed by atoms with E-state index in [4.69, 9.17) is 23.7 Å².